The van der Waals surface area contributed by atoms with Gasteiger partial charge >= 0.3 is 0 Å². The van der Waals surface area contributed by atoms with Crippen molar-refractivity contribution in [3.05, 3.63) is 64.2 Å². The minimum Gasteiger partial charge on any atom is -0.489 e. The maximum Gasteiger partial charge on any atom is 0.124 e. The van der Waals surface area contributed by atoms with Crippen molar-refractivity contribution in [3.8, 4) is 5.75 Å². The summed E-state index contributed by atoms with van der Waals surface area (Å²) in [7, 11) is 0. The predicted molar refractivity (Wildman–Crippen MR) is 96.2 cm³/mol. The molecule has 0 saturated carbocycles. The van der Waals surface area contributed by atoms with E-state index < -0.39 is 0 Å². The first kappa shape index (κ1) is 18.8. The van der Waals surface area contributed by atoms with Gasteiger partial charge in [-0.05, 0) is 30.7 Å². The minimum absolute atomic E-state index is 0. The molecular weight excluding hydrogens is 317 g/mol. The van der Waals surface area contributed by atoms with E-state index in [4.69, 9.17) is 16.3 Å². The maximum atomic E-state index is 6.08. The zero-order valence-corrected chi connectivity index (χ0v) is 14.8. The standard InChI is InChI=1S/C18H22ClNO.ClH/c1-13(2)20-11-16-10-17(19)8-9-18(16)21-12-15-6-4-14(3)5-7-15;/h4-10,13,20H,11-12H2,1-3H3;1H. The highest BCUT2D eigenvalue weighted by Gasteiger charge is 2.06. The predicted octanol–water partition coefficient (Wildman–Crippen LogP) is 5.15. The molecule has 0 heterocycles. The molecule has 0 aromatic heterocycles. The second-order valence-corrected chi connectivity index (χ2v) is 6.00. The summed E-state index contributed by atoms with van der Waals surface area (Å²) in [5.41, 5.74) is 3.51. The Balaban J connectivity index is 0.00000242. The quantitative estimate of drug-likeness (QED) is 0.785. The lowest BCUT2D eigenvalue weighted by atomic mass is 10.1. The van der Waals surface area contributed by atoms with E-state index in [1.165, 1.54) is 11.1 Å². The number of aryl methyl sites for hydroxylation is 1. The van der Waals surface area contributed by atoms with E-state index in [0.29, 0.717) is 12.6 Å². The van der Waals surface area contributed by atoms with E-state index in [2.05, 4.69) is 50.4 Å². The largest absolute Gasteiger partial charge is 0.489 e. The molecule has 0 atom stereocenters. The Bertz CT molecular complexity index is 582. The maximum absolute atomic E-state index is 6.08. The molecule has 2 rings (SSSR count). The number of benzene rings is 2. The molecule has 2 nitrogen and oxygen atoms in total. The van der Waals surface area contributed by atoms with Gasteiger partial charge in [-0.2, -0.15) is 0 Å². The number of nitrogens with one attached hydrogen (secondary N) is 1. The molecule has 0 spiro atoms. The van der Waals surface area contributed by atoms with Crippen molar-refractivity contribution in [2.75, 3.05) is 0 Å². The van der Waals surface area contributed by atoms with E-state index in [0.717, 1.165) is 22.9 Å². The lowest BCUT2D eigenvalue weighted by molar-refractivity contribution is 0.302. The van der Waals surface area contributed by atoms with Crippen molar-refractivity contribution in [1.82, 2.24) is 5.32 Å². The summed E-state index contributed by atoms with van der Waals surface area (Å²) in [6.45, 7) is 7.65. The first-order valence-corrected chi connectivity index (χ1v) is 7.62. The highest BCUT2D eigenvalue weighted by molar-refractivity contribution is 6.30. The van der Waals surface area contributed by atoms with Crippen LogP contribution in [0.3, 0.4) is 0 Å². The van der Waals surface area contributed by atoms with Crippen LogP contribution in [0.2, 0.25) is 5.02 Å². The van der Waals surface area contributed by atoms with Gasteiger partial charge in [-0.3, -0.25) is 0 Å². The first-order valence-electron chi connectivity index (χ1n) is 7.25. The third-order valence-corrected chi connectivity index (χ3v) is 3.47. The molecule has 0 unspecified atom stereocenters. The Hall–Kier alpha value is -1.22. The Morgan fingerprint density at radius 2 is 1.77 bits per heavy atom. The Morgan fingerprint density at radius 1 is 1.09 bits per heavy atom. The average Bonchev–Trinajstić information content (AvgIpc) is 2.45. The van der Waals surface area contributed by atoms with E-state index in [1.807, 2.05) is 18.2 Å². The van der Waals surface area contributed by atoms with Crippen LogP contribution in [-0.4, -0.2) is 6.04 Å². The molecule has 0 saturated heterocycles. The summed E-state index contributed by atoms with van der Waals surface area (Å²) in [4.78, 5) is 0. The lowest BCUT2D eigenvalue weighted by Gasteiger charge is -2.14. The molecule has 0 fully saturated rings. The fourth-order valence-corrected chi connectivity index (χ4v) is 2.18. The molecule has 4 heteroatoms. The van der Waals surface area contributed by atoms with Gasteiger partial charge in [0.1, 0.15) is 12.4 Å². The first-order chi connectivity index (χ1) is 10.0. The molecule has 2 aromatic carbocycles. The van der Waals surface area contributed by atoms with Gasteiger partial charge in [0.05, 0.1) is 0 Å². The Morgan fingerprint density at radius 3 is 2.41 bits per heavy atom. The zero-order chi connectivity index (χ0) is 15.2. The molecular formula is C18H23Cl2NO. The van der Waals surface area contributed by atoms with Crippen molar-refractivity contribution in [2.45, 2.75) is 40.0 Å². The molecule has 120 valence electrons. The van der Waals surface area contributed by atoms with Gasteiger partial charge in [-0.1, -0.05) is 55.3 Å². The van der Waals surface area contributed by atoms with Crippen molar-refractivity contribution in [1.29, 1.82) is 0 Å². The van der Waals surface area contributed by atoms with Gasteiger partial charge in [0.15, 0.2) is 0 Å². The Labute approximate surface area is 144 Å². The molecule has 0 bridgehead atoms. The number of halogens is 2. The molecule has 0 aliphatic rings. The van der Waals surface area contributed by atoms with Crippen LogP contribution in [0.5, 0.6) is 5.75 Å². The highest BCUT2D eigenvalue weighted by Crippen LogP contribution is 2.24. The van der Waals surface area contributed by atoms with E-state index in [-0.39, 0.29) is 12.4 Å². The van der Waals surface area contributed by atoms with Crippen LogP contribution in [0.15, 0.2) is 42.5 Å². The van der Waals surface area contributed by atoms with Crippen molar-refractivity contribution in [3.63, 3.8) is 0 Å². The summed E-state index contributed by atoms with van der Waals surface area (Å²) in [5, 5.41) is 4.13. The average molecular weight is 340 g/mol. The fraction of sp³-hybridized carbons (Fsp3) is 0.333. The van der Waals surface area contributed by atoms with Gasteiger partial charge in [0.25, 0.3) is 0 Å². The van der Waals surface area contributed by atoms with E-state index >= 15 is 0 Å². The third-order valence-electron chi connectivity index (χ3n) is 3.24. The topological polar surface area (TPSA) is 21.3 Å². The van der Waals surface area contributed by atoms with E-state index in [1.54, 1.807) is 0 Å². The van der Waals surface area contributed by atoms with Crippen LogP contribution in [0.1, 0.15) is 30.5 Å². The second kappa shape index (κ2) is 9.04. The molecule has 0 aliphatic carbocycles. The highest BCUT2D eigenvalue weighted by atomic mass is 35.5. The van der Waals surface area contributed by atoms with Crippen LogP contribution >= 0.6 is 24.0 Å². The van der Waals surface area contributed by atoms with Crippen LogP contribution < -0.4 is 10.1 Å². The zero-order valence-electron chi connectivity index (χ0n) is 13.2. The number of ether oxygens (including phenoxy) is 1. The summed E-state index contributed by atoms with van der Waals surface area (Å²) >= 11 is 6.08. The molecule has 0 aliphatic heterocycles. The Kier molecular flexibility index (Phi) is 7.74. The van der Waals surface area contributed by atoms with Gasteiger partial charge in [-0.25, -0.2) is 0 Å². The van der Waals surface area contributed by atoms with Gasteiger partial charge < -0.3 is 10.1 Å². The molecule has 22 heavy (non-hydrogen) atoms. The van der Waals surface area contributed by atoms with Crippen LogP contribution in [0, 0.1) is 6.92 Å². The summed E-state index contributed by atoms with van der Waals surface area (Å²) in [6.07, 6.45) is 0. The summed E-state index contributed by atoms with van der Waals surface area (Å²) < 4.78 is 5.95. The molecule has 0 amide bonds. The molecule has 1 N–H and O–H groups in total. The van der Waals surface area contributed by atoms with Crippen molar-refractivity contribution in [2.24, 2.45) is 0 Å². The SMILES string of the molecule is Cc1ccc(COc2ccc(Cl)cc2CNC(C)C)cc1.Cl. The normalized spacial score (nSPS) is 10.4. The smallest absolute Gasteiger partial charge is 0.124 e. The summed E-state index contributed by atoms with van der Waals surface area (Å²) in [5.74, 6) is 0.883. The molecule has 2 aromatic rings. The van der Waals surface area contributed by atoms with Crippen LogP contribution in [0.4, 0.5) is 0 Å². The van der Waals surface area contributed by atoms with Gasteiger partial charge in [-0.15, -0.1) is 12.4 Å². The minimum atomic E-state index is 0. The summed E-state index contributed by atoms with van der Waals surface area (Å²) in [6, 6.07) is 14.6. The monoisotopic (exact) mass is 339 g/mol. The second-order valence-electron chi connectivity index (χ2n) is 5.56. The number of rotatable bonds is 6. The van der Waals surface area contributed by atoms with Crippen molar-refractivity contribution >= 4 is 24.0 Å². The van der Waals surface area contributed by atoms with Crippen LogP contribution in [0.25, 0.3) is 0 Å². The number of hydrogen-bond acceptors (Lipinski definition) is 2. The number of hydrogen-bond donors (Lipinski definition) is 1. The fourth-order valence-electron chi connectivity index (χ4n) is 1.99. The van der Waals surface area contributed by atoms with Crippen LogP contribution in [-0.2, 0) is 13.2 Å². The third kappa shape index (κ3) is 5.88. The van der Waals surface area contributed by atoms with Gasteiger partial charge in [0, 0.05) is 23.2 Å². The van der Waals surface area contributed by atoms with E-state index in [9.17, 15) is 0 Å². The lowest BCUT2D eigenvalue weighted by Crippen LogP contribution is -2.22. The molecule has 0 radical (unpaired) electrons. The van der Waals surface area contributed by atoms with Gasteiger partial charge in [0.2, 0.25) is 0 Å². The van der Waals surface area contributed by atoms with Crippen molar-refractivity contribution < 1.29 is 4.74 Å².